The number of halogens is 6. The molecular formula is C38H70F6N4O6S4. The Bertz CT molecular complexity index is 1060. The van der Waals surface area contributed by atoms with E-state index in [0.717, 1.165) is 51.6 Å². The zero-order chi connectivity index (χ0) is 44.1. The van der Waals surface area contributed by atoms with Crippen LogP contribution in [0, 0.1) is 23.7 Å². The Hall–Kier alpha value is -0.320. The summed E-state index contributed by atoms with van der Waals surface area (Å²) in [6.45, 7) is 1.98. The third kappa shape index (κ3) is 19.8. The summed E-state index contributed by atoms with van der Waals surface area (Å²) in [6, 6.07) is 0. The van der Waals surface area contributed by atoms with Gasteiger partial charge in [-0.05, 0) is 153 Å². The van der Waals surface area contributed by atoms with Crippen molar-refractivity contribution in [3.8, 4) is 0 Å². The lowest BCUT2D eigenvalue weighted by molar-refractivity contribution is -0.173. The molecule has 0 aromatic heterocycles. The number of carbonyl (C=O) groups excluding carboxylic acids is 2. The van der Waals surface area contributed by atoms with Crippen LogP contribution in [0.25, 0.3) is 0 Å². The van der Waals surface area contributed by atoms with Gasteiger partial charge in [0.1, 0.15) is 0 Å². The zero-order valence-corrected chi connectivity index (χ0v) is 38.0. The Morgan fingerprint density at radius 3 is 0.862 bits per heavy atom. The summed E-state index contributed by atoms with van der Waals surface area (Å²) in [4.78, 5) is 21.1. The first-order chi connectivity index (χ1) is 27.3. The summed E-state index contributed by atoms with van der Waals surface area (Å²) in [5.41, 5.74) is 0. The summed E-state index contributed by atoms with van der Waals surface area (Å²) in [6.07, 6.45) is 8.42. The van der Waals surface area contributed by atoms with Gasteiger partial charge < -0.3 is 41.7 Å². The zero-order valence-electron chi connectivity index (χ0n) is 34.7. The van der Waals surface area contributed by atoms with E-state index in [1.165, 1.54) is 25.7 Å². The maximum absolute atomic E-state index is 11.9. The average molecular weight is 921 g/mol. The molecule has 344 valence electrons. The largest absolute Gasteiger partial charge is 0.471 e. The van der Waals surface area contributed by atoms with Gasteiger partial charge in [-0.1, -0.05) is 0 Å². The molecule has 12 atom stereocenters. The van der Waals surface area contributed by atoms with E-state index in [2.05, 4.69) is 23.1 Å². The molecule has 0 aromatic carbocycles. The Morgan fingerprint density at radius 1 is 0.466 bits per heavy atom. The van der Waals surface area contributed by atoms with Crippen molar-refractivity contribution in [1.82, 2.24) is 21.3 Å². The van der Waals surface area contributed by atoms with Crippen molar-refractivity contribution in [2.24, 2.45) is 23.7 Å². The lowest BCUT2D eigenvalue weighted by Crippen LogP contribution is -2.38. The first-order valence-electron chi connectivity index (χ1n) is 20.1. The van der Waals surface area contributed by atoms with E-state index in [0.29, 0.717) is 35.2 Å². The van der Waals surface area contributed by atoms with Gasteiger partial charge >= 0.3 is 24.2 Å². The molecule has 4 fully saturated rings. The highest BCUT2D eigenvalue weighted by atomic mass is 32.2. The standard InChI is InChI=1S/2C10H16F3NO2S.2C9H19NOS/c2*1-17-7-3-2-6(8(7)15)4-5-14-9(16)10(11,12)13;2*1-10-6-5-7-3-4-8(12-2)9(7)11/h2*6-8,15H,2-5H2,1H3,(H,14,16);2*7-11H,3-6H2,1-2H3/t2*6-,7+,8+;2*7-,8+,9+/m1010/s1. The fourth-order valence-electron chi connectivity index (χ4n) is 7.99. The van der Waals surface area contributed by atoms with Crippen molar-refractivity contribution < 1.29 is 56.4 Å². The van der Waals surface area contributed by atoms with Crippen molar-refractivity contribution in [2.45, 2.75) is 135 Å². The van der Waals surface area contributed by atoms with E-state index < -0.39 is 36.4 Å². The quantitative estimate of drug-likeness (QED) is 0.0944. The fraction of sp³-hybridized carbons (Fsp3) is 0.947. The van der Waals surface area contributed by atoms with Crippen LogP contribution in [-0.2, 0) is 9.59 Å². The van der Waals surface area contributed by atoms with Gasteiger partial charge in [0.25, 0.3) is 0 Å². The Kier molecular flexibility index (Phi) is 28.0. The Balaban J connectivity index is 0.000000392. The minimum absolute atomic E-state index is 0.0130. The molecule has 0 spiro atoms. The van der Waals surface area contributed by atoms with E-state index in [9.17, 15) is 56.4 Å². The van der Waals surface area contributed by atoms with Gasteiger partial charge in [-0.15, -0.1) is 0 Å². The molecular weight excluding hydrogens is 851 g/mol. The van der Waals surface area contributed by atoms with E-state index >= 15 is 0 Å². The Labute approximate surface area is 358 Å². The second-order valence-electron chi connectivity index (χ2n) is 15.3. The summed E-state index contributed by atoms with van der Waals surface area (Å²) in [7, 11) is 3.93. The molecule has 0 radical (unpaired) electrons. The van der Waals surface area contributed by atoms with Gasteiger partial charge in [0.05, 0.1) is 24.4 Å². The van der Waals surface area contributed by atoms with Crippen LogP contribution < -0.4 is 21.3 Å². The number of amides is 2. The smallest absolute Gasteiger partial charge is 0.392 e. The molecule has 58 heavy (non-hydrogen) atoms. The summed E-state index contributed by atoms with van der Waals surface area (Å²) >= 11 is 6.76. The van der Waals surface area contributed by atoms with Crippen molar-refractivity contribution in [3.63, 3.8) is 0 Å². The lowest BCUT2D eigenvalue weighted by Gasteiger charge is -2.18. The molecule has 4 aliphatic rings. The minimum atomic E-state index is -4.82. The maximum Gasteiger partial charge on any atom is 0.471 e. The number of aliphatic hydroxyl groups is 4. The second kappa shape index (κ2) is 29.1. The number of aliphatic hydroxyl groups excluding tert-OH is 4. The second-order valence-corrected chi connectivity index (χ2v) is 19.6. The van der Waals surface area contributed by atoms with E-state index in [-0.39, 0.29) is 47.6 Å². The molecule has 2 amide bonds. The molecule has 20 heteroatoms. The highest BCUT2D eigenvalue weighted by molar-refractivity contribution is 7.99. The summed E-state index contributed by atoms with van der Waals surface area (Å²) in [5, 5.41) is 50.5. The van der Waals surface area contributed by atoms with Gasteiger partial charge in [0.15, 0.2) is 0 Å². The molecule has 0 aromatic rings. The van der Waals surface area contributed by atoms with Crippen LogP contribution in [0.15, 0.2) is 0 Å². The van der Waals surface area contributed by atoms with Crippen LogP contribution in [0.3, 0.4) is 0 Å². The van der Waals surface area contributed by atoms with Crippen LogP contribution >= 0.6 is 47.0 Å². The van der Waals surface area contributed by atoms with Crippen molar-refractivity contribution in [3.05, 3.63) is 0 Å². The van der Waals surface area contributed by atoms with Crippen LogP contribution in [0.5, 0.6) is 0 Å². The molecule has 4 aliphatic carbocycles. The number of carbonyl (C=O) groups is 2. The Morgan fingerprint density at radius 2 is 0.690 bits per heavy atom. The molecule has 0 bridgehead atoms. The normalized spacial score (nSPS) is 32.0. The van der Waals surface area contributed by atoms with Gasteiger partial charge in [-0.2, -0.15) is 73.4 Å². The molecule has 0 heterocycles. The van der Waals surface area contributed by atoms with Crippen molar-refractivity contribution in [1.29, 1.82) is 0 Å². The fourth-order valence-corrected chi connectivity index (χ4v) is 11.5. The van der Waals surface area contributed by atoms with E-state index in [1.807, 2.05) is 60.8 Å². The van der Waals surface area contributed by atoms with Crippen LogP contribution in [0.4, 0.5) is 26.3 Å². The highest BCUT2D eigenvalue weighted by Gasteiger charge is 2.41. The lowest BCUT2D eigenvalue weighted by atomic mass is 10.0. The van der Waals surface area contributed by atoms with Crippen LogP contribution in [0.2, 0.25) is 0 Å². The van der Waals surface area contributed by atoms with Gasteiger partial charge in [-0.25, -0.2) is 0 Å². The molecule has 4 rings (SSSR count). The topological polar surface area (TPSA) is 163 Å². The number of rotatable bonds is 16. The van der Waals surface area contributed by atoms with E-state index in [1.54, 1.807) is 23.5 Å². The number of alkyl halides is 6. The number of thioether (sulfide) groups is 4. The summed E-state index contributed by atoms with van der Waals surface area (Å²) < 4.78 is 71.3. The van der Waals surface area contributed by atoms with Gasteiger partial charge in [0, 0.05) is 34.1 Å². The predicted octanol–water partition coefficient (Wildman–Crippen LogP) is 5.31. The number of hydrogen-bond donors (Lipinski definition) is 8. The molecule has 10 nitrogen and oxygen atoms in total. The van der Waals surface area contributed by atoms with Crippen LogP contribution in [-0.4, -0.2) is 155 Å². The van der Waals surface area contributed by atoms with E-state index in [4.69, 9.17) is 0 Å². The highest BCUT2D eigenvalue weighted by Crippen LogP contribution is 2.37. The first kappa shape index (κ1) is 55.7. The molecule has 0 aliphatic heterocycles. The molecule has 0 saturated heterocycles. The number of hydrogen-bond acceptors (Lipinski definition) is 12. The average Bonchev–Trinajstić information content (AvgIpc) is 3.94. The molecule has 4 saturated carbocycles. The van der Waals surface area contributed by atoms with Gasteiger partial charge in [-0.3, -0.25) is 9.59 Å². The maximum atomic E-state index is 11.9. The van der Waals surface area contributed by atoms with Crippen molar-refractivity contribution in [2.75, 3.05) is 65.3 Å². The first-order valence-corrected chi connectivity index (χ1v) is 25.3. The van der Waals surface area contributed by atoms with Crippen LogP contribution in [0.1, 0.15) is 77.0 Å². The monoisotopic (exact) mass is 920 g/mol. The molecule has 0 unspecified atom stereocenters. The number of nitrogens with one attached hydrogen (secondary N) is 4. The third-order valence-electron chi connectivity index (χ3n) is 11.6. The summed E-state index contributed by atoms with van der Waals surface area (Å²) in [5.74, 6) is -2.77. The van der Waals surface area contributed by atoms with Gasteiger partial charge in [0.2, 0.25) is 0 Å². The minimum Gasteiger partial charge on any atom is -0.392 e. The molecule has 8 N–H and O–H groups in total. The van der Waals surface area contributed by atoms with Crippen molar-refractivity contribution >= 4 is 58.9 Å². The third-order valence-corrected chi connectivity index (χ3v) is 16.1. The SMILES string of the molecule is CNCC[C@@H]1CC[C@@H](SC)[C@@H]1O.CNCC[C@H]1CC[C@H](SC)[C@H]1O.CS[C@@H]1CC[C@@H](CCNC(=O)C(F)(F)F)[C@H]1O.CS[C@H]1CC[C@H](CCNC(=O)C(F)(F)F)[C@@H]1O. The predicted molar refractivity (Wildman–Crippen MR) is 229 cm³/mol.